The fourth-order valence-electron chi connectivity index (χ4n) is 2.88. The van der Waals surface area contributed by atoms with Gasteiger partial charge in [0, 0.05) is 19.0 Å². The molecule has 2 rings (SSSR count). The molecule has 4 heteroatoms. The second-order valence-electron chi connectivity index (χ2n) is 5.25. The molecule has 0 aromatic heterocycles. The Balaban J connectivity index is 1.83. The van der Waals surface area contributed by atoms with E-state index in [4.69, 9.17) is 10.5 Å². The Hall–Kier alpha value is -0.770. The number of hydrogen-bond acceptors (Lipinski definition) is 3. The standard InChI is InChI=1S/C13H24N2O2/c14-10-11-6-2-3-7-12(11)17-13(16)15-8-4-1-5-9-15/h11-12H,1-10,14H2. The van der Waals surface area contributed by atoms with Gasteiger partial charge in [0.05, 0.1) is 0 Å². The fourth-order valence-corrected chi connectivity index (χ4v) is 2.88. The summed E-state index contributed by atoms with van der Waals surface area (Å²) in [6.07, 6.45) is 7.88. The van der Waals surface area contributed by atoms with Gasteiger partial charge in [-0.1, -0.05) is 6.42 Å². The quantitative estimate of drug-likeness (QED) is 0.804. The van der Waals surface area contributed by atoms with Gasteiger partial charge in [0.2, 0.25) is 0 Å². The molecule has 1 aliphatic heterocycles. The summed E-state index contributed by atoms with van der Waals surface area (Å²) in [5, 5.41) is 0. The van der Waals surface area contributed by atoms with Crippen molar-refractivity contribution >= 4 is 6.09 Å². The van der Waals surface area contributed by atoms with Gasteiger partial charge in [-0.25, -0.2) is 4.79 Å². The van der Waals surface area contributed by atoms with Crippen LogP contribution < -0.4 is 5.73 Å². The van der Waals surface area contributed by atoms with Crippen LogP contribution in [0.3, 0.4) is 0 Å². The summed E-state index contributed by atoms with van der Waals surface area (Å²) >= 11 is 0. The van der Waals surface area contributed by atoms with E-state index in [1.807, 2.05) is 4.90 Å². The van der Waals surface area contributed by atoms with Gasteiger partial charge >= 0.3 is 6.09 Å². The van der Waals surface area contributed by atoms with E-state index < -0.39 is 0 Å². The first kappa shape index (κ1) is 12.7. The molecule has 1 saturated heterocycles. The summed E-state index contributed by atoms with van der Waals surface area (Å²) in [6, 6.07) is 0. The zero-order valence-corrected chi connectivity index (χ0v) is 10.6. The van der Waals surface area contributed by atoms with Crippen LogP contribution in [0.4, 0.5) is 4.79 Å². The minimum Gasteiger partial charge on any atom is -0.446 e. The number of ether oxygens (including phenoxy) is 1. The molecule has 2 aliphatic rings. The molecule has 1 amide bonds. The topological polar surface area (TPSA) is 55.6 Å². The van der Waals surface area contributed by atoms with E-state index in [1.165, 1.54) is 12.8 Å². The predicted molar refractivity (Wildman–Crippen MR) is 66.7 cm³/mol. The van der Waals surface area contributed by atoms with E-state index in [9.17, 15) is 4.79 Å². The van der Waals surface area contributed by atoms with Crippen molar-refractivity contribution in [2.24, 2.45) is 11.7 Å². The van der Waals surface area contributed by atoms with Crippen LogP contribution in [0, 0.1) is 5.92 Å². The number of nitrogens with two attached hydrogens (primary N) is 1. The minimum atomic E-state index is -0.116. The van der Waals surface area contributed by atoms with Crippen molar-refractivity contribution in [3.05, 3.63) is 0 Å². The van der Waals surface area contributed by atoms with Crippen molar-refractivity contribution < 1.29 is 9.53 Å². The van der Waals surface area contributed by atoms with Gasteiger partial charge in [0.25, 0.3) is 0 Å². The molecule has 2 fully saturated rings. The van der Waals surface area contributed by atoms with E-state index >= 15 is 0 Å². The molecule has 2 N–H and O–H groups in total. The van der Waals surface area contributed by atoms with Crippen molar-refractivity contribution in [3.8, 4) is 0 Å². The summed E-state index contributed by atoms with van der Waals surface area (Å²) in [4.78, 5) is 13.8. The molecule has 0 aromatic rings. The molecule has 0 aromatic carbocycles. The van der Waals surface area contributed by atoms with Crippen LogP contribution in [0.5, 0.6) is 0 Å². The Morgan fingerprint density at radius 3 is 2.53 bits per heavy atom. The lowest BCUT2D eigenvalue weighted by Crippen LogP contribution is -2.41. The summed E-state index contributed by atoms with van der Waals surface area (Å²) in [5.74, 6) is 0.373. The lowest BCUT2D eigenvalue weighted by atomic mass is 9.86. The highest BCUT2D eigenvalue weighted by molar-refractivity contribution is 5.67. The monoisotopic (exact) mass is 240 g/mol. The Morgan fingerprint density at radius 2 is 1.82 bits per heavy atom. The lowest BCUT2D eigenvalue weighted by Gasteiger charge is -2.33. The maximum absolute atomic E-state index is 12.0. The number of carbonyl (C=O) groups is 1. The van der Waals surface area contributed by atoms with Crippen molar-refractivity contribution in [1.29, 1.82) is 0 Å². The molecule has 0 radical (unpaired) electrons. The molecule has 2 unspecified atom stereocenters. The first-order valence-corrected chi connectivity index (χ1v) is 6.97. The lowest BCUT2D eigenvalue weighted by molar-refractivity contribution is 0.0148. The second kappa shape index (κ2) is 6.24. The van der Waals surface area contributed by atoms with Gasteiger partial charge < -0.3 is 15.4 Å². The number of hydrogen-bond donors (Lipinski definition) is 1. The highest BCUT2D eigenvalue weighted by atomic mass is 16.6. The van der Waals surface area contributed by atoms with E-state index in [1.54, 1.807) is 0 Å². The van der Waals surface area contributed by atoms with Crippen molar-refractivity contribution in [2.45, 2.75) is 51.0 Å². The van der Waals surface area contributed by atoms with Gasteiger partial charge in [0.1, 0.15) is 6.10 Å². The number of likely N-dealkylation sites (tertiary alicyclic amines) is 1. The summed E-state index contributed by atoms with van der Waals surface area (Å²) in [6.45, 7) is 2.36. The Labute approximate surface area is 103 Å². The molecule has 98 valence electrons. The van der Waals surface area contributed by atoms with Crippen LogP contribution in [0.1, 0.15) is 44.9 Å². The summed E-state index contributed by atoms with van der Waals surface area (Å²) in [7, 11) is 0. The summed E-state index contributed by atoms with van der Waals surface area (Å²) < 4.78 is 5.64. The van der Waals surface area contributed by atoms with Gasteiger partial charge in [-0.3, -0.25) is 0 Å². The van der Waals surface area contributed by atoms with Gasteiger partial charge in [-0.05, 0) is 45.1 Å². The maximum atomic E-state index is 12.0. The third-order valence-electron chi connectivity index (χ3n) is 4.01. The van der Waals surface area contributed by atoms with Crippen LogP contribution in [0.25, 0.3) is 0 Å². The van der Waals surface area contributed by atoms with E-state index in [2.05, 4.69) is 0 Å². The molecule has 1 aliphatic carbocycles. The number of piperidine rings is 1. The second-order valence-corrected chi connectivity index (χ2v) is 5.25. The van der Waals surface area contributed by atoms with E-state index in [0.29, 0.717) is 12.5 Å². The van der Waals surface area contributed by atoms with Crippen LogP contribution >= 0.6 is 0 Å². The molecule has 0 spiro atoms. The number of carbonyl (C=O) groups excluding carboxylic acids is 1. The van der Waals surface area contributed by atoms with Crippen molar-refractivity contribution in [3.63, 3.8) is 0 Å². The Kier molecular flexibility index (Phi) is 4.66. The van der Waals surface area contributed by atoms with Crippen molar-refractivity contribution in [2.75, 3.05) is 19.6 Å². The van der Waals surface area contributed by atoms with Crippen LogP contribution in [-0.2, 0) is 4.74 Å². The Bertz CT molecular complexity index is 252. The molecule has 1 heterocycles. The molecular formula is C13H24N2O2. The molecule has 1 saturated carbocycles. The molecule has 17 heavy (non-hydrogen) atoms. The number of amides is 1. The molecule has 0 bridgehead atoms. The highest BCUT2D eigenvalue weighted by Gasteiger charge is 2.29. The largest absolute Gasteiger partial charge is 0.446 e. The first-order valence-electron chi connectivity index (χ1n) is 6.97. The average Bonchev–Trinajstić information content (AvgIpc) is 2.40. The normalized spacial score (nSPS) is 30.1. The average molecular weight is 240 g/mol. The van der Waals surface area contributed by atoms with E-state index in [-0.39, 0.29) is 12.2 Å². The van der Waals surface area contributed by atoms with E-state index in [0.717, 1.165) is 45.2 Å². The van der Waals surface area contributed by atoms with Crippen LogP contribution in [0.15, 0.2) is 0 Å². The fraction of sp³-hybridized carbons (Fsp3) is 0.923. The zero-order chi connectivity index (χ0) is 12.1. The van der Waals surface area contributed by atoms with Gasteiger partial charge in [0.15, 0.2) is 0 Å². The number of rotatable bonds is 2. The third kappa shape index (κ3) is 3.35. The molecule has 2 atom stereocenters. The summed E-state index contributed by atoms with van der Waals surface area (Å²) in [5.41, 5.74) is 5.74. The SMILES string of the molecule is NCC1CCCCC1OC(=O)N1CCCCC1. The van der Waals surface area contributed by atoms with Gasteiger partial charge in [-0.2, -0.15) is 0 Å². The maximum Gasteiger partial charge on any atom is 0.410 e. The van der Waals surface area contributed by atoms with Crippen LogP contribution in [0.2, 0.25) is 0 Å². The Morgan fingerprint density at radius 1 is 1.12 bits per heavy atom. The zero-order valence-electron chi connectivity index (χ0n) is 10.6. The predicted octanol–water partition coefficient (Wildman–Crippen LogP) is 2.13. The number of nitrogens with zero attached hydrogens (tertiary/aromatic N) is 1. The smallest absolute Gasteiger partial charge is 0.410 e. The molecular weight excluding hydrogens is 216 g/mol. The minimum absolute atomic E-state index is 0.0585. The molecule has 4 nitrogen and oxygen atoms in total. The first-order chi connectivity index (χ1) is 8.31. The van der Waals surface area contributed by atoms with Crippen LogP contribution in [-0.4, -0.2) is 36.7 Å². The third-order valence-corrected chi connectivity index (χ3v) is 4.01. The van der Waals surface area contributed by atoms with Crippen molar-refractivity contribution in [1.82, 2.24) is 4.90 Å². The van der Waals surface area contributed by atoms with Gasteiger partial charge in [-0.15, -0.1) is 0 Å². The highest BCUT2D eigenvalue weighted by Crippen LogP contribution is 2.26.